The van der Waals surface area contributed by atoms with E-state index in [0.717, 1.165) is 13.0 Å². The van der Waals surface area contributed by atoms with E-state index in [1.807, 2.05) is 0 Å². The minimum Gasteiger partial charge on any atom is -0.369 e. The highest BCUT2D eigenvalue weighted by Crippen LogP contribution is 2.00. The predicted molar refractivity (Wildman–Crippen MR) is 54.2 cm³/mol. The van der Waals surface area contributed by atoms with E-state index < -0.39 is 0 Å². The number of anilines is 1. The van der Waals surface area contributed by atoms with Crippen LogP contribution in [0.2, 0.25) is 0 Å². The number of carbonyl (C=O) groups excluding carboxylic acids is 1. The van der Waals surface area contributed by atoms with Crippen molar-refractivity contribution in [3.63, 3.8) is 0 Å². The van der Waals surface area contributed by atoms with Crippen LogP contribution in [-0.4, -0.2) is 29.5 Å². The fourth-order valence-corrected chi connectivity index (χ4v) is 0.918. The SMILES string of the molecule is CCCNc1cnc(C(=O)NC)cn1. The summed E-state index contributed by atoms with van der Waals surface area (Å²) in [7, 11) is 1.56. The maximum absolute atomic E-state index is 11.1. The third kappa shape index (κ3) is 2.69. The van der Waals surface area contributed by atoms with Crippen molar-refractivity contribution in [3.8, 4) is 0 Å². The molecular weight excluding hydrogens is 180 g/mol. The predicted octanol–water partition coefficient (Wildman–Crippen LogP) is 0.658. The molecule has 0 fully saturated rings. The fraction of sp³-hybridized carbons (Fsp3) is 0.444. The van der Waals surface area contributed by atoms with E-state index in [0.29, 0.717) is 11.5 Å². The van der Waals surface area contributed by atoms with Crippen LogP contribution in [0, 0.1) is 0 Å². The molecule has 1 rings (SSSR count). The summed E-state index contributed by atoms with van der Waals surface area (Å²) in [6.07, 6.45) is 4.04. The number of hydrogen-bond donors (Lipinski definition) is 2. The molecule has 1 aromatic rings. The number of rotatable bonds is 4. The van der Waals surface area contributed by atoms with Gasteiger partial charge in [-0.2, -0.15) is 0 Å². The van der Waals surface area contributed by atoms with Crippen LogP contribution >= 0.6 is 0 Å². The standard InChI is InChI=1S/C9H14N4O/c1-3-4-11-8-6-12-7(5-13-8)9(14)10-2/h5-6H,3-4H2,1-2H3,(H,10,14)(H,11,13). The summed E-state index contributed by atoms with van der Waals surface area (Å²) in [4.78, 5) is 19.1. The Bertz CT molecular complexity index is 296. The van der Waals surface area contributed by atoms with Crippen molar-refractivity contribution in [2.45, 2.75) is 13.3 Å². The molecule has 0 aliphatic heterocycles. The average Bonchev–Trinajstić information content (AvgIpc) is 2.26. The Balaban J connectivity index is 2.63. The Labute approximate surface area is 83.0 Å². The molecule has 0 saturated heterocycles. The van der Waals surface area contributed by atoms with Crippen LogP contribution in [0.5, 0.6) is 0 Å². The van der Waals surface area contributed by atoms with Gasteiger partial charge in [0, 0.05) is 13.6 Å². The lowest BCUT2D eigenvalue weighted by Gasteiger charge is -2.03. The molecule has 5 heteroatoms. The molecule has 1 amide bonds. The van der Waals surface area contributed by atoms with Crippen molar-refractivity contribution in [2.24, 2.45) is 0 Å². The molecule has 0 spiro atoms. The first-order valence-corrected chi connectivity index (χ1v) is 4.56. The van der Waals surface area contributed by atoms with E-state index in [-0.39, 0.29) is 5.91 Å². The second kappa shape index (κ2) is 5.16. The molecule has 0 bridgehead atoms. The van der Waals surface area contributed by atoms with Gasteiger partial charge in [-0.3, -0.25) is 4.79 Å². The summed E-state index contributed by atoms with van der Waals surface area (Å²) in [5.41, 5.74) is 0.328. The zero-order valence-corrected chi connectivity index (χ0v) is 8.37. The molecule has 0 aliphatic carbocycles. The summed E-state index contributed by atoms with van der Waals surface area (Å²) < 4.78 is 0. The lowest BCUT2D eigenvalue weighted by atomic mass is 10.4. The summed E-state index contributed by atoms with van der Waals surface area (Å²) in [6.45, 7) is 2.92. The Morgan fingerprint density at radius 3 is 2.71 bits per heavy atom. The Morgan fingerprint density at radius 1 is 1.43 bits per heavy atom. The van der Waals surface area contributed by atoms with Gasteiger partial charge >= 0.3 is 0 Å². The maximum atomic E-state index is 11.1. The van der Waals surface area contributed by atoms with Gasteiger partial charge in [0.1, 0.15) is 11.5 Å². The second-order valence-corrected chi connectivity index (χ2v) is 2.79. The van der Waals surface area contributed by atoms with E-state index in [2.05, 4.69) is 27.5 Å². The van der Waals surface area contributed by atoms with Crippen molar-refractivity contribution in [3.05, 3.63) is 18.1 Å². The highest BCUT2D eigenvalue weighted by atomic mass is 16.1. The monoisotopic (exact) mass is 194 g/mol. The zero-order chi connectivity index (χ0) is 10.4. The highest BCUT2D eigenvalue weighted by Gasteiger charge is 2.04. The zero-order valence-electron chi connectivity index (χ0n) is 8.37. The van der Waals surface area contributed by atoms with E-state index in [1.54, 1.807) is 13.2 Å². The molecule has 0 unspecified atom stereocenters. The first-order chi connectivity index (χ1) is 6.77. The average molecular weight is 194 g/mol. The van der Waals surface area contributed by atoms with Crippen LogP contribution in [0.1, 0.15) is 23.8 Å². The number of hydrogen-bond acceptors (Lipinski definition) is 4. The van der Waals surface area contributed by atoms with Crippen molar-refractivity contribution < 1.29 is 4.79 Å². The van der Waals surface area contributed by atoms with Crippen molar-refractivity contribution >= 4 is 11.7 Å². The smallest absolute Gasteiger partial charge is 0.271 e. The number of aromatic nitrogens is 2. The normalized spacial score (nSPS) is 9.57. The summed E-state index contributed by atoms with van der Waals surface area (Å²) in [5, 5.41) is 5.56. The topological polar surface area (TPSA) is 66.9 Å². The highest BCUT2D eigenvalue weighted by molar-refractivity contribution is 5.91. The molecule has 0 saturated carbocycles. The van der Waals surface area contributed by atoms with Gasteiger partial charge in [0.05, 0.1) is 12.4 Å². The number of carbonyl (C=O) groups is 1. The Kier molecular flexibility index (Phi) is 3.84. The molecule has 5 nitrogen and oxygen atoms in total. The van der Waals surface area contributed by atoms with Crippen LogP contribution in [0.3, 0.4) is 0 Å². The second-order valence-electron chi connectivity index (χ2n) is 2.79. The molecule has 76 valence electrons. The molecule has 1 aromatic heterocycles. The van der Waals surface area contributed by atoms with Gasteiger partial charge in [-0.05, 0) is 6.42 Å². The van der Waals surface area contributed by atoms with Crippen LogP contribution in [0.4, 0.5) is 5.82 Å². The first kappa shape index (κ1) is 10.4. The molecule has 14 heavy (non-hydrogen) atoms. The van der Waals surface area contributed by atoms with Crippen molar-refractivity contribution in [2.75, 3.05) is 18.9 Å². The third-order valence-electron chi connectivity index (χ3n) is 1.67. The van der Waals surface area contributed by atoms with Crippen molar-refractivity contribution in [1.82, 2.24) is 15.3 Å². The van der Waals surface area contributed by atoms with Crippen LogP contribution < -0.4 is 10.6 Å². The number of nitrogens with one attached hydrogen (secondary N) is 2. The molecule has 0 atom stereocenters. The summed E-state index contributed by atoms with van der Waals surface area (Å²) in [6, 6.07) is 0. The summed E-state index contributed by atoms with van der Waals surface area (Å²) >= 11 is 0. The van der Waals surface area contributed by atoms with Gasteiger partial charge in [-0.15, -0.1) is 0 Å². The quantitative estimate of drug-likeness (QED) is 0.738. The van der Waals surface area contributed by atoms with E-state index in [9.17, 15) is 4.79 Å². The largest absolute Gasteiger partial charge is 0.369 e. The fourth-order valence-electron chi connectivity index (χ4n) is 0.918. The van der Waals surface area contributed by atoms with Crippen LogP contribution in [-0.2, 0) is 0 Å². The molecule has 1 heterocycles. The molecule has 0 radical (unpaired) electrons. The lowest BCUT2D eigenvalue weighted by Crippen LogP contribution is -2.19. The van der Waals surface area contributed by atoms with E-state index in [1.165, 1.54) is 6.20 Å². The van der Waals surface area contributed by atoms with Gasteiger partial charge in [0.15, 0.2) is 0 Å². The van der Waals surface area contributed by atoms with Gasteiger partial charge in [0.25, 0.3) is 5.91 Å². The van der Waals surface area contributed by atoms with Gasteiger partial charge in [-0.1, -0.05) is 6.92 Å². The first-order valence-electron chi connectivity index (χ1n) is 4.56. The summed E-state index contributed by atoms with van der Waals surface area (Å²) in [5.74, 6) is 0.471. The molecular formula is C9H14N4O. The molecule has 0 aromatic carbocycles. The van der Waals surface area contributed by atoms with E-state index in [4.69, 9.17) is 0 Å². The van der Waals surface area contributed by atoms with Gasteiger partial charge in [0.2, 0.25) is 0 Å². The van der Waals surface area contributed by atoms with E-state index >= 15 is 0 Å². The number of amides is 1. The maximum Gasteiger partial charge on any atom is 0.271 e. The molecule has 0 aliphatic rings. The Morgan fingerprint density at radius 2 is 2.21 bits per heavy atom. The Hall–Kier alpha value is -1.65. The lowest BCUT2D eigenvalue weighted by molar-refractivity contribution is 0.0958. The third-order valence-corrected chi connectivity index (χ3v) is 1.67. The minimum absolute atomic E-state index is 0.223. The van der Waals surface area contributed by atoms with Gasteiger partial charge in [-0.25, -0.2) is 9.97 Å². The van der Waals surface area contributed by atoms with Crippen LogP contribution in [0.15, 0.2) is 12.4 Å². The van der Waals surface area contributed by atoms with Crippen LogP contribution in [0.25, 0.3) is 0 Å². The van der Waals surface area contributed by atoms with Crippen molar-refractivity contribution in [1.29, 1.82) is 0 Å². The van der Waals surface area contributed by atoms with Gasteiger partial charge < -0.3 is 10.6 Å². The molecule has 2 N–H and O–H groups in total. The minimum atomic E-state index is -0.223. The number of nitrogens with zero attached hydrogens (tertiary/aromatic N) is 2.